The lowest BCUT2D eigenvalue weighted by atomic mass is 9.92. The number of hydrogen-bond donors (Lipinski definition) is 2. The molecular weight excluding hydrogens is 368 g/mol. The number of anilines is 1. The number of carbonyl (C=O) groups is 2. The van der Waals surface area contributed by atoms with Crippen molar-refractivity contribution in [3.8, 4) is 0 Å². The molecule has 0 aliphatic carbocycles. The zero-order valence-corrected chi connectivity index (χ0v) is 15.8. The van der Waals surface area contributed by atoms with Gasteiger partial charge in [-0.25, -0.2) is 0 Å². The van der Waals surface area contributed by atoms with E-state index in [4.69, 9.17) is 0 Å². The Morgan fingerprint density at radius 1 is 1.08 bits per heavy atom. The van der Waals surface area contributed by atoms with Gasteiger partial charge < -0.3 is 10.6 Å². The Bertz CT molecular complexity index is 732. The first-order chi connectivity index (χ1) is 11.3. The number of alkyl halides is 1. The van der Waals surface area contributed by atoms with Crippen LogP contribution in [0, 0.1) is 5.41 Å². The summed E-state index contributed by atoms with van der Waals surface area (Å²) in [6.45, 7) is 6.27. The van der Waals surface area contributed by atoms with Gasteiger partial charge in [0.2, 0.25) is 11.8 Å². The minimum absolute atomic E-state index is 0.0968. The summed E-state index contributed by atoms with van der Waals surface area (Å²) >= 11 is 3.40. The summed E-state index contributed by atoms with van der Waals surface area (Å²) in [5.41, 5.74) is 0.618. The molecule has 0 aliphatic heterocycles. The second-order valence-corrected chi connectivity index (χ2v) is 7.76. The Morgan fingerprint density at radius 2 is 1.75 bits per heavy atom. The van der Waals surface area contributed by atoms with Crippen LogP contribution in [0.2, 0.25) is 0 Å². The fraction of sp³-hybridized carbons (Fsp3) is 0.368. The van der Waals surface area contributed by atoms with Gasteiger partial charge in [-0.15, -0.1) is 0 Å². The maximum absolute atomic E-state index is 12.1. The molecule has 0 heterocycles. The molecule has 0 spiro atoms. The topological polar surface area (TPSA) is 58.2 Å². The Kier molecular flexibility index (Phi) is 5.99. The molecule has 0 saturated heterocycles. The number of nitrogens with one attached hydrogen (secondary N) is 2. The van der Waals surface area contributed by atoms with Crippen molar-refractivity contribution in [2.75, 3.05) is 11.9 Å². The SMILES string of the molecule is CC(C)(C)[C@H](Br)C(=O)NCCC(=O)Nc1cccc2ccccc12. The molecule has 1 atom stereocenters. The van der Waals surface area contributed by atoms with E-state index < -0.39 is 0 Å². The third-order valence-corrected chi connectivity index (χ3v) is 5.49. The van der Waals surface area contributed by atoms with Crippen LogP contribution in [0.1, 0.15) is 27.2 Å². The molecule has 128 valence electrons. The van der Waals surface area contributed by atoms with Gasteiger partial charge in [-0.1, -0.05) is 73.1 Å². The lowest BCUT2D eigenvalue weighted by Gasteiger charge is -2.24. The van der Waals surface area contributed by atoms with Crippen molar-refractivity contribution in [1.29, 1.82) is 0 Å². The zero-order valence-electron chi connectivity index (χ0n) is 14.2. The molecular formula is C19H23BrN2O2. The summed E-state index contributed by atoms with van der Waals surface area (Å²) in [6.07, 6.45) is 0.235. The average Bonchev–Trinajstić information content (AvgIpc) is 2.53. The molecule has 0 aliphatic rings. The van der Waals surface area contributed by atoms with Crippen LogP contribution in [0.25, 0.3) is 10.8 Å². The second kappa shape index (κ2) is 7.79. The smallest absolute Gasteiger partial charge is 0.234 e. The van der Waals surface area contributed by atoms with Gasteiger partial charge in [0.15, 0.2) is 0 Å². The van der Waals surface area contributed by atoms with E-state index in [0.717, 1.165) is 16.5 Å². The van der Waals surface area contributed by atoms with Gasteiger partial charge in [-0.3, -0.25) is 9.59 Å². The lowest BCUT2D eigenvalue weighted by molar-refractivity contribution is -0.122. The summed E-state index contributed by atoms with van der Waals surface area (Å²) in [7, 11) is 0. The summed E-state index contributed by atoms with van der Waals surface area (Å²) in [6, 6.07) is 13.7. The van der Waals surface area contributed by atoms with E-state index in [1.807, 2.05) is 63.2 Å². The molecule has 2 amide bonds. The van der Waals surface area contributed by atoms with Crippen LogP contribution in [0.3, 0.4) is 0 Å². The molecule has 0 saturated carbocycles. The summed E-state index contributed by atoms with van der Waals surface area (Å²) < 4.78 is 0. The molecule has 0 bridgehead atoms. The molecule has 2 aromatic carbocycles. The number of hydrogen-bond acceptors (Lipinski definition) is 2. The maximum Gasteiger partial charge on any atom is 0.234 e. The van der Waals surface area contributed by atoms with E-state index in [-0.39, 0.29) is 28.5 Å². The number of benzene rings is 2. The third kappa shape index (κ3) is 4.81. The number of rotatable bonds is 5. The number of fused-ring (bicyclic) bond motifs is 1. The van der Waals surface area contributed by atoms with Crippen molar-refractivity contribution in [1.82, 2.24) is 5.32 Å². The summed E-state index contributed by atoms with van der Waals surface area (Å²) in [5, 5.41) is 7.80. The number of amides is 2. The highest BCUT2D eigenvalue weighted by atomic mass is 79.9. The van der Waals surface area contributed by atoms with Crippen molar-refractivity contribution in [2.24, 2.45) is 5.41 Å². The van der Waals surface area contributed by atoms with Gasteiger partial charge >= 0.3 is 0 Å². The van der Waals surface area contributed by atoms with E-state index in [2.05, 4.69) is 26.6 Å². The van der Waals surface area contributed by atoms with E-state index in [9.17, 15) is 9.59 Å². The van der Waals surface area contributed by atoms with E-state index in [0.29, 0.717) is 6.54 Å². The molecule has 0 fully saturated rings. The van der Waals surface area contributed by atoms with Crippen molar-refractivity contribution >= 4 is 44.2 Å². The standard InChI is InChI=1S/C19H23BrN2O2/c1-19(2,3)17(20)18(24)21-12-11-16(23)22-15-10-6-8-13-7-4-5-9-14(13)15/h4-10,17H,11-12H2,1-3H3,(H,21,24)(H,22,23)/t17-/m1/s1. The normalized spacial score (nSPS) is 12.7. The Balaban J connectivity index is 1.89. The van der Waals surface area contributed by atoms with Crippen LogP contribution in [-0.2, 0) is 9.59 Å². The van der Waals surface area contributed by atoms with Gasteiger partial charge in [0, 0.05) is 24.0 Å². The summed E-state index contributed by atoms with van der Waals surface area (Å²) in [5.74, 6) is -0.214. The van der Waals surface area contributed by atoms with E-state index in [1.54, 1.807) is 0 Å². The van der Waals surface area contributed by atoms with Gasteiger partial charge in [-0.05, 0) is 16.9 Å². The minimum Gasteiger partial charge on any atom is -0.355 e. The Morgan fingerprint density at radius 3 is 2.46 bits per heavy atom. The van der Waals surface area contributed by atoms with Crippen molar-refractivity contribution in [3.63, 3.8) is 0 Å². The number of halogens is 1. The van der Waals surface area contributed by atoms with E-state index in [1.165, 1.54) is 0 Å². The Labute approximate surface area is 151 Å². The van der Waals surface area contributed by atoms with Gasteiger partial charge in [0.05, 0.1) is 4.83 Å². The minimum atomic E-state index is -0.286. The molecule has 2 rings (SSSR count). The quantitative estimate of drug-likeness (QED) is 0.755. The van der Waals surface area contributed by atoms with Gasteiger partial charge in [0.1, 0.15) is 0 Å². The average molecular weight is 391 g/mol. The largest absolute Gasteiger partial charge is 0.355 e. The van der Waals surface area contributed by atoms with Crippen LogP contribution in [0.4, 0.5) is 5.69 Å². The maximum atomic E-state index is 12.1. The highest BCUT2D eigenvalue weighted by Gasteiger charge is 2.28. The van der Waals surface area contributed by atoms with Crippen molar-refractivity contribution in [2.45, 2.75) is 32.0 Å². The van der Waals surface area contributed by atoms with Crippen molar-refractivity contribution < 1.29 is 9.59 Å². The molecule has 2 aromatic rings. The van der Waals surface area contributed by atoms with Gasteiger partial charge in [-0.2, -0.15) is 0 Å². The highest BCUT2D eigenvalue weighted by molar-refractivity contribution is 9.10. The summed E-state index contributed by atoms with van der Waals surface area (Å²) in [4.78, 5) is 23.9. The molecule has 24 heavy (non-hydrogen) atoms. The molecule has 0 radical (unpaired) electrons. The second-order valence-electron chi connectivity index (χ2n) is 6.84. The Hall–Kier alpha value is -1.88. The van der Waals surface area contributed by atoms with Crippen LogP contribution < -0.4 is 10.6 Å². The van der Waals surface area contributed by atoms with Crippen LogP contribution in [0.15, 0.2) is 42.5 Å². The molecule has 0 unspecified atom stereocenters. The monoisotopic (exact) mass is 390 g/mol. The van der Waals surface area contributed by atoms with E-state index >= 15 is 0 Å². The molecule has 0 aromatic heterocycles. The van der Waals surface area contributed by atoms with Crippen LogP contribution in [-0.4, -0.2) is 23.2 Å². The fourth-order valence-electron chi connectivity index (χ4n) is 2.33. The fourth-order valence-corrected chi connectivity index (χ4v) is 2.49. The van der Waals surface area contributed by atoms with Crippen molar-refractivity contribution in [3.05, 3.63) is 42.5 Å². The predicted molar refractivity (Wildman–Crippen MR) is 102 cm³/mol. The molecule has 4 nitrogen and oxygen atoms in total. The first-order valence-electron chi connectivity index (χ1n) is 7.98. The third-order valence-electron chi connectivity index (χ3n) is 3.71. The number of carbonyl (C=O) groups excluding carboxylic acids is 2. The predicted octanol–water partition coefficient (Wildman–Crippen LogP) is 4.09. The van der Waals surface area contributed by atoms with Crippen LogP contribution >= 0.6 is 15.9 Å². The first-order valence-corrected chi connectivity index (χ1v) is 8.90. The molecule has 5 heteroatoms. The zero-order chi connectivity index (χ0) is 17.7. The molecule has 2 N–H and O–H groups in total. The lowest BCUT2D eigenvalue weighted by Crippen LogP contribution is -2.39. The van der Waals surface area contributed by atoms with Gasteiger partial charge in [0.25, 0.3) is 0 Å². The first kappa shape index (κ1) is 18.5. The highest BCUT2D eigenvalue weighted by Crippen LogP contribution is 2.26. The van der Waals surface area contributed by atoms with Crippen LogP contribution in [0.5, 0.6) is 0 Å².